The predicted octanol–water partition coefficient (Wildman–Crippen LogP) is 1.84. The van der Waals surface area contributed by atoms with Crippen LogP contribution in [0.4, 0.5) is 0 Å². The maximum Gasteiger partial charge on any atom is 0.189 e. The highest BCUT2D eigenvalue weighted by Gasteiger charge is 2.18. The summed E-state index contributed by atoms with van der Waals surface area (Å²) >= 11 is 0. The minimum absolute atomic E-state index is 0.0643. The van der Waals surface area contributed by atoms with Gasteiger partial charge in [-0.15, -0.1) is 0 Å². The zero-order valence-corrected chi connectivity index (χ0v) is 11.3. The monoisotopic (exact) mass is 262 g/mol. The van der Waals surface area contributed by atoms with Gasteiger partial charge in [-0.25, -0.2) is 0 Å². The van der Waals surface area contributed by atoms with Gasteiger partial charge in [0.2, 0.25) is 0 Å². The Bertz CT molecular complexity index is 447. The van der Waals surface area contributed by atoms with Gasteiger partial charge in [0.05, 0.1) is 0 Å². The highest BCUT2D eigenvalue weighted by atomic mass is 16.4. The van der Waals surface area contributed by atoms with Crippen LogP contribution in [0.2, 0.25) is 0 Å². The number of pyridine rings is 1. The number of hydrogen-bond acceptors (Lipinski definition) is 4. The van der Waals surface area contributed by atoms with Crippen molar-refractivity contribution in [3.63, 3.8) is 0 Å². The quantitative estimate of drug-likeness (QED) is 0.334. The van der Waals surface area contributed by atoms with Crippen molar-refractivity contribution in [3.8, 4) is 0 Å². The van der Waals surface area contributed by atoms with Crippen molar-refractivity contribution in [1.29, 1.82) is 0 Å². The molecule has 0 aliphatic heterocycles. The molecule has 1 aliphatic rings. The number of nitrogens with zero attached hydrogens (tertiary/aromatic N) is 2. The standard InChI is InChI=1S/C14H22N4O/c1-10-4-2-6-12(8-10)17-9-11-5-3-7-16-13(11)14(15)18-19/h3,5,7,10,12,17,19H,2,4,6,8-9H2,1H3,(H2,15,18). The van der Waals surface area contributed by atoms with E-state index < -0.39 is 0 Å². The summed E-state index contributed by atoms with van der Waals surface area (Å²) in [7, 11) is 0. The van der Waals surface area contributed by atoms with Gasteiger partial charge >= 0.3 is 0 Å². The van der Waals surface area contributed by atoms with Crippen LogP contribution in [0.5, 0.6) is 0 Å². The van der Waals surface area contributed by atoms with Crippen LogP contribution >= 0.6 is 0 Å². The van der Waals surface area contributed by atoms with Crippen LogP contribution in [0.15, 0.2) is 23.5 Å². The van der Waals surface area contributed by atoms with Crippen LogP contribution in [-0.4, -0.2) is 22.1 Å². The van der Waals surface area contributed by atoms with Gasteiger partial charge in [-0.3, -0.25) is 4.98 Å². The molecule has 0 spiro atoms. The van der Waals surface area contributed by atoms with Gasteiger partial charge in [0.15, 0.2) is 5.84 Å². The van der Waals surface area contributed by atoms with Crippen LogP contribution < -0.4 is 11.1 Å². The lowest BCUT2D eigenvalue weighted by atomic mass is 9.87. The summed E-state index contributed by atoms with van der Waals surface area (Å²) < 4.78 is 0. The van der Waals surface area contributed by atoms with Gasteiger partial charge in [-0.1, -0.05) is 31.0 Å². The Labute approximate surface area is 113 Å². The van der Waals surface area contributed by atoms with Crippen molar-refractivity contribution < 1.29 is 5.21 Å². The van der Waals surface area contributed by atoms with Crippen molar-refractivity contribution in [1.82, 2.24) is 10.3 Å². The Kier molecular flexibility index (Phi) is 4.74. The lowest BCUT2D eigenvalue weighted by Gasteiger charge is -2.27. The van der Waals surface area contributed by atoms with Crippen molar-refractivity contribution in [3.05, 3.63) is 29.6 Å². The molecular formula is C14H22N4O. The number of oxime groups is 1. The van der Waals surface area contributed by atoms with E-state index in [-0.39, 0.29) is 5.84 Å². The number of hydrogen-bond donors (Lipinski definition) is 3. The fourth-order valence-corrected chi connectivity index (χ4v) is 2.73. The second-order valence-corrected chi connectivity index (χ2v) is 5.35. The summed E-state index contributed by atoms with van der Waals surface area (Å²) in [6.07, 6.45) is 6.72. The van der Waals surface area contributed by atoms with E-state index in [1.54, 1.807) is 6.20 Å². The minimum atomic E-state index is 0.0643. The summed E-state index contributed by atoms with van der Waals surface area (Å²) in [6.45, 7) is 3.01. The van der Waals surface area contributed by atoms with Crippen LogP contribution in [0.3, 0.4) is 0 Å². The molecule has 1 heterocycles. The second-order valence-electron chi connectivity index (χ2n) is 5.35. The average Bonchev–Trinajstić information content (AvgIpc) is 2.45. The fraction of sp³-hybridized carbons (Fsp3) is 0.571. The molecule has 0 aromatic carbocycles. The molecule has 2 rings (SSSR count). The van der Waals surface area contributed by atoms with Gasteiger partial charge < -0.3 is 16.3 Å². The lowest BCUT2D eigenvalue weighted by molar-refractivity contribution is 0.300. The maximum absolute atomic E-state index is 8.77. The summed E-state index contributed by atoms with van der Waals surface area (Å²) in [5.74, 6) is 0.859. The Morgan fingerprint density at radius 1 is 1.58 bits per heavy atom. The Balaban J connectivity index is 1.99. The SMILES string of the molecule is CC1CCCC(NCc2cccnc2C(N)=NO)C1. The zero-order chi connectivity index (χ0) is 13.7. The van der Waals surface area contributed by atoms with Crippen LogP contribution in [0.25, 0.3) is 0 Å². The summed E-state index contributed by atoms with van der Waals surface area (Å²) in [5, 5.41) is 15.4. The highest BCUT2D eigenvalue weighted by molar-refractivity contribution is 5.96. The molecule has 104 valence electrons. The van der Waals surface area contributed by atoms with Gasteiger partial charge in [0.1, 0.15) is 5.69 Å². The second kappa shape index (κ2) is 6.52. The van der Waals surface area contributed by atoms with E-state index in [1.807, 2.05) is 12.1 Å². The largest absolute Gasteiger partial charge is 0.409 e. The van der Waals surface area contributed by atoms with E-state index in [9.17, 15) is 0 Å². The fourth-order valence-electron chi connectivity index (χ4n) is 2.73. The van der Waals surface area contributed by atoms with E-state index in [0.717, 1.165) is 11.5 Å². The molecule has 1 saturated carbocycles. The predicted molar refractivity (Wildman–Crippen MR) is 75.0 cm³/mol. The van der Waals surface area contributed by atoms with E-state index in [1.165, 1.54) is 25.7 Å². The third-order valence-electron chi connectivity index (χ3n) is 3.76. The van der Waals surface area contributed by atoms with Crippen molar-refractivity contribution >= 4 is 5.84 Å². The van der Waals surface area contributed by atoms with Gasteiger partial charge in [-0.2, -0.15) is 0 Å². The minimum Gasteiger partial charge on any atom is -0.409 e. The molecule has 19 heavy (non-hydrogen) atoms. The summed E-state index contributed by atoms with van der Waals surface area (Å²) in [4.78, 5) is 4.17. The number of amidine groups is 1. The third kappa shape index (κ3) is 3.67. The molecule has 2 unspecified atom stereocenters. The topological polar surface area (TPSA) is 83.5 Å². The lowest BCUT2D eigenvalue weighted by Crippen LogP contribution is -2.33. The van der Waals surface area contributed by atoms with E-state index in [4.69, 9.17) is 10.9 Å². The van der Waals surface area contributed by atoms with Gasteiger partial charge in [-0.05, 0) is 30.4 Å². The van der Waals surface area contributed by atoms with Crippen molar-refractivity contribution in [2.75, 3.05) is 0 Å². The maximum atomic E-state index is 8.77. The van der Waals surface area contributed by atoms with E-state index in [2.05, 4.69) is 22.4 Å². The first-order valence-electron chi connectivity index (χ1n) is 6.86. The number of nitrogens with two attached hydrogens (primary N) is 1. The van der Waals surface area contributed by atoms with Crippen molar-refractivity contribution in [2.45, 2.75) is 45.2 Å². The molecular weight excluding hydrogens is 240 g/mol. The van der Waals surface area contributed by atoms with Gasteiger partial charge in [0, 0.05) is 18.8 Å². The molecule has 1 aromatic heterocycles. The number of rotatable bonds is 4. The van der Waals surface area contributed by atoms with Crippen LogP contribution in [0.1, 0.15) is 43.9 Å². The van der Waals surface area contributed by atoms with E-state index in [0.29, 0.717) is 18.3 Å². The first-order chi connectivity index (χ1) is 9.20. The summed E-state index contributed by atoms with van der Waals surface area (Å²) in [5.41, 5.74) is 7.16. The number of aromatic nitrogens is 1. The van der Waals surface area contributed by atoms with E-state index >= 15 is 0 Å². The average molecular weight is 262 g/mol. The molecule has 1 aromatic rings. The number of nitrogens with one attached hydrogen (secondary N) is 1. The smallest absolute Gasteiger partial charge is 0.189 e. The van der Waals surface area contributed by atoms with Crippen molar-refractivity contribution in [2.24, 2.45) is 16.8 Å². The third-order valence-corrected chi connectivity index (χ3v) is 3.76. The molecule has 2 atom stereocenters. The first kappa shape index (κ1) is 13.8. The molecule has 1 fully saturated rings. The molecule has 5 heteroatoms. The van der Waals surface area contributed by atoms with Gasteiger partial charge in [0.25, 0.3) is 0 Å². The molecule has 0 bridgehead atoms. The molecule has 4 N–H and O–H groups in total. The zero-order valence-electron chi connectivity index (χ0n) is 11.3. The Morgan fingerprint density at radius 3 is 3.16 bits per heavy atom. The van der Waals surface area contributed by atoms with Crippen LogP contribution in [-0.2, 0) is 6.54 Å². The molecule has 5 nitrogen and oxygen atoms in total. The molecule has 0 saturated heterocycles. The first-order valence-corrected chi connectivity index (χ1v) is 6.86. The summed E-state index contributed by atoms with van der Waals surface area (Å²) in [6, 6.07) is 4.39. The molecule has 0 radical (unpaired) electrons. The Hall–Kier alpha value is -1.62. The Morgan fingerprint density at radius 2 is 2.42 bits per heavy atom. The van der Waals surface area contributed by atoms with Crippen LogP contribution in [0, 0.1) is 5.92 Å². The molecule has 1 aliphatic carbocycles. The molecule has 0 amide bonds. The highest BCUT2D eigenvalue weighted by Crippen LogP contribution is 2.23. The normalized spacial score (nSPS) is 24.4.